The maximum absolute atomic E-state index is 12.6. The zero-order valence-electron chi connectivity index (χ0n) is 23.3. The quantitative estimate of drug-likeness (QED) is 0.286. The van der Waals surface area contributed by atoms with Crippen molar-refractivity contribution in [3.63, 3.8) is 0 Å². The lowest BCUT2D eigenvalue weighted by Gasteiger charge is -2.59. The van der Waals surface area contributed by atoms with Crippen molar-refractivity contribution in [2.24, 2.45) is 22.7 Å². The summed E-state index contributed by atoms with van der Waals surface area (Å²) in [7, 11) is 3.09. The first kappa shape index (κ1) is 28.9. The maximum atomic E-state index is 12.6. The lowest BCUT2D eigenvalue weighted by Crippen LogP contribution is -2.57. The van der Waals surface area contributed by atoms with Crippen molar-refractivity contribution in [2.45, 2.75) is 58.2 Å². The molecule has 1 heterocycles. The molecule has 0 amide bonds. The summed E-state index contributed by atoms with van der Waals surface area (Å²) in [6.07, 6.45) is 7.03. The average molecular weight is 541 g/mol. The van der Waals surface area contributed by atoms with Crippen LogP contribution in [-0.4, -0.2) is 61.8 Å². The minimum absolute atomic E-state index is 0.0269. The molecule has 1 aliphatic heterocycles. The maximum Gasteiger partial charge on any atom is 0.337 e. The van der Waals surface area contributed by atoms with E-state index in [1.165, 1.54) is 13.2 Å². The Morgan fingerprint density at radius 3 is 2.64 bits per heavy atom. The van der Waals surface area contributed by atoms with Gasteiger partial charge in [-0.1, -0.05) is 38.1 Å². The smallest absolute Gasteiger partial charge is 0.337 e. The lowest BCUT2D eigenvalue weighted by molar-refractivity contribution is -0.151. The lowest BCUT2D eigenvalue weighted by atomic mass is 9.46. The SMILES string of the molecule is C=C1CCC2[C@](C)(CO)C(O)CC[C@]2(C)[C@H]1C/C=C1/C(=O)OCC1OC(=O)/C=C/c1ccc(OC)c(OC)c1. The van der Waals surface area contributed by atoms with Crippen molar-refractivity contribution >= 4 is 18.0 Å². The van der Waals surface area contributed by atoms with Crippen molar-refractivity contribution in [2.75, 3.05) is 27.4 Å². The number of carbonyl (C=O) groups is 2. The zero-order valence-corrected chi connectivity index (χ0v) is 23.3. The predicted octanol–water partition coefficient (Wildman–Crippen LogP) is 4.24. The van der Waals surface area contributed by atoms with E-state index >= 15 is 0 Å². The Morgan fingerprint density at radius 1 is 1.21 bits per heavy atom. The third-order valence-electron chi connectivity index (χ3n) is 9.29. The second-order valence-electron chi connectivity index (χ2n) is 11.4. The number of fused-ring (bicyclic) bond motifs is 1. The van der Waals surface area contributed by atoms with Gasteiger partial charge in [-0.2, -0.15) is 0 Å². The number of methoxy groups -OCH3 is 2. The molecule has 39 heavy (non-hydrogen) atoms. The molecule has 2 saturated carbocycles. The van der Waals surface area contributed by atoms with Crippen LogP contribution in [0.4, 0.5) is 0 Å². The van der Waals surface area contributed by atoms with Gasteiger partial charge in [-0.05, 0) is 73.1 Å². The zero-order chi connectivity index (χ0) is 28.4. The fraction of sp³-hybridized carbons (Fsp3) is 0.548. The Kier molecular flexibility index (Phi) is 8.57. The van der Waals surface area contributed by atoms with Crippen molar-refractivity contribution < 1.29 is 38.7 Å². The molecule has 0 spiro atoms. The molecular weight excluding hydrogens is 500 g/mol. The first-order valence-corrected chi connectivity index (χ1v) is 13.5. The summed E-state index contributed by atoms with van der Waals surface area (Å²) in [5.41, 5.74) is 1.41. The van der Waals surface area contributed by atoms with Crippen molar-refractivity contribution in [3.8, 4) is 11.5 Å². The van der Waals surface area contributed by atoms with E-state index in [2.05, 4.69) is 13.5 Å². The summed E-state index contributed by atoms with van der Waals surface area (Å²) in [6, 6.07) is 5.27. The number of allylic oxidation sites excluding steroid dienone is 2. The van der Waals surface area contributed by atoms with E-state index in [0.717, 1.165) is 30.4 Å². The molecule has 2 aliphatic carbocycles. The van der Waals surface area contributed by atoms with E-state index in [9.17, 15) is 19.8 Å². The fourth-order valence-electron chi connectivity index (χ4n) is 6.95. The average Bonchev–Trinajstić information content (AvgIpc) is 3.27. The number of benzene rings is 1. The van der Waals surface area contributed by atoms with Crippen LogP contribution < -0.4 is 9.47 Å². The monoisotopic (exact) mass is 540 g/mol. The molecule has 8 nitrogen and oxygen atoms in total. The van der Waals surface area contributed by atoms with Gasteiger partial charge in [-0.3, -0.25) is 0 Å². The molecule has 0 radical (unpaired) electrons. The van der Waals surface area contributed by atoms with Crippen LogP contribution in [0.15, 0.2) is 48.1 Å². The van der Waals surface area contributed by atoms with Crippen LogP contribution in [-0.2, 0) is 19.1 Å². The van der Waals surface area contributed by atoms with Crippen LogP contribution in [0.3, 0.4) is 0 Å². The Hall–Kier alpha value is -3.10. The number of hydrogen-bond donors (Lipinski definition) is 2. The standard InChI is InChI=1S/C31H40O8/c1-19-6-12-26-30(2,15-14-27(33)31(26,3)18-32)22(19)10-9-21-25(17-38-29(21)35)39-28(34)13-8-20-7-11-23(36-4)24(16-20)37-5/h7-9,11,13,16,22,25-27,32-33H,1,6,10,12,14-15,17-18H2,2-5H3/b13-8+,21-9+/t22-,25?,26?,27?,30+,31-/m0/s1. The van der Waals surface area contributed by atoms with Crippen LogP contribution in [0.5, 0.6) is 11.5 Å². The molecule has 3 aliphatic rings. The number of esters is 2. The highest BCUT2D eigenvalue weighted by Gasteiger charge is 2.57. The third-order valence-corrected chi connectivity index (χ3v) is 9.29. The van der Waals surface area contributed by atoms with Crippen LogP contribution in [0.2, 0.25) is 0 Å². The number of hydrogen-bond acceptors (Lipinski definition) is 8. The summed E-state index contributed by atoms with van der Waals surface area (Å²) in [4.78, 5) is 25.2. The number of carbonyl (C=O) groups excluding carboxylic acids is 2. The number of aliphatic hydroxyl groups excluding tert-OH is 2. The van der Waals surface area contributed by atoms with Gasteiger partial charge in [0.25, 0.3) is 0 Å². The Labute approximate surface area is 230 Å². The highest BCUT2D eigenvalue weighted by atomic mass is 16.6. The van der Waals surface area contributed by atoms with Crippen molar-refractivity contribution in [1.29, 1.82) is 0 Å². The van der Waals surface area contributed by atoms with Gasteiger partial charge >= 0.3 is 11.9 Å². The minimum atomic E-state index is -0.795. The van der Waals surface area contributed by atoms with E-state index in [0.29, 0.717) is 29.9 Å². The third kappa shape index (κ3) is 5.50. The number of aliphatic hydroxyl groups is 2. The normalized spacial score (nSPS) is 33.6. The number of cyclic esters (lactones) is 1. The highest BCUT2D eigenvalue weighted by Crippen LogP contribution is 2.61. The van der Waals surface area contributed by atoms with E-state index in [1.807, 2.05) is 13.0 Å². The molecular formula is C31H40O8. The first-order valence-electron chi connectivity index (χ1n) is 13.5. The second kappa shape index (κ2) is 11.6. The number of ether oxygens (including phenoxy) is 4. The Bertz CT molecular complexity index is 1170. The Morgan fingerprint density at radius 2 is 1.95 bits per heavy atom. The molecule has 4 rings (SSSR count). The molecule has 212 valence electrons. The fourth-order valence-corrected chi connectivity index (χ4v) is 6.95. The second-order valence-corrected chi connectivity index (χ2v) is 11.4. The molecule has 1 aromatic carbocycles. The molecule has 3 unspecified atom stereocenters. The van der Waals surface area contributed by atoms with Gasteiger partial charge in [-0.15, -0.1) is 0 Å². The van der Waals surface area contributed by atoms with E-state index in [4.69, 9.17) is 18.9 Å². The van der Waals surface area contributed by atoms with Gasteiger partial charge in [0, 0.05) is 11.5 Å². The van der Waals surface area contributed by atoms with Crippen LogP contribution in [0, 0.1) is 22.7 Å². The Balaban J connectivity index is 1.47. The number of rotatable bonds is 8. The summed E-state index contributed by atoms with van der Waals surface area (Å²) in [5, 5.41) is 21.0. The van der Waals surface area contributed by atoms with Gasteiger partial charge < -0.3 is 29.2 Å². The topological polar surface area (TPSA) is 112 Å². The van der Waals surface area contributed by atoms with Crippen LogP contribution in [0.25, 0.3) is 6.08 Å². The van der Waals surface area contributed by atoms with Gasteiger partial charge in [0.1, 0.15) is 6.61 Å². The van der Waals surface area contributed by atoms with E-state index in [-0.39, 0.29) is 30.5 Å². The largest absolute Gasteiger partial charge is 0.493 e. The predicted molar refractivity (Wildman–Crippen MR) is 146 cm³/mol. The molecule has 6 atom stereocenters. The molecule has 3 fully saturated rings. The molecule has 2 N–H and O–H groups in total. The summed E-state index contributed by atoms with van der Waals surface area (Å²) in [6.45, 7) is 8.44. The van der Waals surface area contributed by atoms with E-state index in [1.54, 1.807) is 31.4 Å². The first-order chi connectivity index (χ1) is 18.6. The molecule has 8 heteroatoms. The van der Waals surface area contributed by atoms with Crippen molar-refractivity contribution in [1.82, 2.24) is 0 Å². The van der Waals surface area contributed by atoms with Crippen molar-refractivity contribution in [3.05, 3.63) is 53.6 Å². The minimum Gasteiger partial charge on any atom is -0.493 e. The van der Waals surface area contributed by atoms with E-state index < -0.39 is 29.6 Å². The van der Waals surface area contributed by atoms with Crippen LogP contribution >= 0.6 is 0 Å². The van der Waals surface area contributed by atoms with Gasteiger partial charge in [-0.25, -0.2) is 9.59 Å². The van der Waals surface area contributed by atoms with Gasteiger partial charge in [0.05, 0.1) is 32.5 Å². The van der Waals surface area contributed by atoms with Crippen LogP contribution in [0.1, 0.15) is 51.5 Å². The molecule has 1 aromatic rings. The van der Waals surface area contributed by atoms with Gasteiger partial charge in [0.15, 0.2) is 17.6 Å². The molecule has 1 saturated heterocycles. The van der Waals surface area contributed by atoms with Gasteiger partial charge in [0.2, 0.25) is 0 Å². The summed E-state index contributed by atoms with van der Waals surface area (Å²) < 4.78 is 21.4. The summed E-state index contributed by atoms with van der Waals surface area (Å²) in [5.74, 6) is 0.238. The molecule has 0 aromatic heterocycles. The highest BCUT2D eigenvalue weighted by molar-refractivity contribution is 5.93. The molecule has 0 bridgehead atoms. The summed E-state index contributed by atoms with van der Waals surface area (Å²) >= 11 is 0.